The summed E-state index contributed by atoms with van der Waals surface area (Å²) in [5.41, 5.74) is 1.61. The number of aromatic nitrogens is 1. The number of carbonyl (C=O) groups is 1. The number of methoxy groups -OCH3 is 1. The molecular formula is C19H24N2O3S. The van der Waals surface area contributed by atoms with Crippen molar-refractivity contribution in [1.29, 1.82) is 0 Å². The van der Waals surface area contributed by atoms with Crippen molar-refractivity contribution in [2.45, 2.75) is 44.8 Å². The van der Waals surface area contributed by atoms with Gasteiger partial charge in [0.15, 0.2) is 0 Å². The van der Waals surface area contributed by atoms with Gasteiger partial charge in [0.05, 0.1) is 31.0 Å². The van der Waals surface area contributed by atoms with E-state index >= 15 is 0 Å². The molecule has 3 rings (SSSR count). The first-order valence-corrected chi connectivity index (χ1v) is 9.54. The number of nitrogens with one attached hydrogen (secondary N) is 1. The van der Waals surface area contributed by atoms with Gasteiger partial charge in [-0.15, -0.1) is 11.3 Å². The average molecular weight is 360 g/mol. The van der Waals surface area contributed by atoms with Gasteiger partial charge >= 0.3 is 0 Å². The normalized spacial score (nSPS) is 20.6. The fourth-order valence-electron chi connectivity index (χ4n) is 3.19. The van der Waals surface area contributed by atoms with Gasteiger partial charge in [0, 0.05) is 16.5 Å². The molecule has 1 atom stereocenters. The number of amides is 1. The lowest BCUT2D eigenvalue weighted by Gasteiger charge is -2.38. The van der Waals surface area contributed by atoms with Crippen molar-refractivity contribution in [2.24, 2.45) is 5.92 Å². The first kappa shape index (κ1) is 17.9. The van der Waals surface area contributed by atoms with E-state index < -0.39 is 0 Å². The van der Waals surface area contributed by atoms with Crippen molar-refractivity contribution in [3.8, 4) is 5.75 Å². The third-order valence-corrected chi connectivity index (χ3v) is 5.65. The van der Waals surface area contributed by atoms with Gasteiger partial charge in [0.2, 0.25) is 0 Å². The van der Waals surface area contributed by atoms with Crippen LogP contribution in [0.1, 0.15) is 53.0 Å². The van der Waals surface area contributed by atoms with Crippen LogP contribution in [0.25, 0.3) is 0 Å². The summed E-state index contributed by atoms with van der Waals surface area (Å²) in [5, 5.41) is 14.7. The van der Waals surface area contributed by atoms with Crippen LogP contribution in [0.15, 0.2) is 29.9 Å². The standard InChI is InChI=1S/C19H24N2O3S/c1-3-4-17-8-14(11-25-17)19(23)21-18(12-5-15(22)6-12)13-7-16(24-2)10-20-9-13/h7-12,15,18,22H,3-6H2,1-2H3,(H,21,23)/t12?,15?,18-/m1/s1. The summed E-state index contributed by atoms with van der Waals surface area (Å²) in [6, 6.07) is 3.70. The number of hydrogen-bond acceptors (Lipinski definition) is 5. The van der Waals surface area contributed by atoms with Crippen LogP contribution in [0, 0.1) is 5.92 Å². The molecule has 0 spiro atoms. The lowest BCUT2D eigenvalue weighted by Crippen LogP contribution is -2.41. The van der Waals surface area contributed by atoms with E-state index in [2.05, 4.69) is 17.2 Å². The first-order chi connectivity index (χ1) is 12.1. The molecule has 2 N–H and O–H groups in total. The van der Waals surface area contributed by atoms with Crippen molar-refractivity contribution < 1.29 is 14.6 Å². The van der Waals surface area contributed by atoms with E-state index in [4.69, 9.17) is 4.74 Å². The number of ether oxygens (including phenoxy) is 1. The fraction of sp³-hybridized carbons (Fsp3) is 0.474. The van der Waals surface area contributed by atoms with Crippen LogP contribution in [0.5, 0.6) is 5.75 Å². The second-order valence-corrected chi connectivity index (χ2v) is 7.54. The van der Waals surface area contributed by atoms with Gasteiger partial charge in [-0.1, -0.05) is 13.3 Å². The Morgan fingerprint density at radius 3 is 2.92 bits per heavy atom. The molecule has 2 aromatic rings. The van der Waals surface area contributed by atoms with E-state index in [0.29, 0.717) is 24.2 Å². The molecule has 1 aliphatic rings. The molecule has 25 heavy (non-hydrogen) atoms. The topological polar surface area (TPSA) is 71.5 Å². The highest BCUT2D eigenvalue weighted by Crippen LogP contribution is 2.38. The van der Waals surface area contributed by atoms with E-state index in [1.807, 2.05) is 17.5 Å². The second-order valence-electron chi connectivity index (χ2n) is 6.55. The Hall–Kier alpha value is -1.92. The maximum absolute atomic E-state index is 12.7. The molecule has 5 nitrogen and oxygen atoms in total. The molecule has 0 unspecified atom stereocenters. The van der Waals surface area contributed by atoms with Crippen LogP contribution in [0.4, 0.5) is 0 Å². The average Bonchev–Trinajstić information content (AvgIpc) is 3.06. The SMILES string of the molecule is CCCc1cc(C(=O)N[C@@H](c2cncc(OC)c2)C2CC(O)C2)cs1. The number of aryl methyl sites for hydroxylation is 1. The minimum Gasteiger partial charge on any atom is -0.495 e. The number of hydrogen-bond donors (Lipinski definition) is 2. The molecule has 0 aliphatic heterocycles. The molecule has 2 heterocycles. The molecule has 1 saturated carbocycles. The predicted octanol–water partition coefficient (Wildman–Crippen LogP) is 3.35. The smallest absolute Gasteiger partial charge is 0.252 e. The zero-order chi connectivity index (χ0) is 17.8. The van der Waals surface area contributed by atoms with Gasteiger partial charge in [0.25, 0.3) is 5.91 Å². The zero-order valence-corrected chi connectivity index (χ0v) is 15.4. The van der Waals surface area contributed by atoms with Crippen molar-refractivity contribution >= 4 is 17.2 Å². The van der Waals surface area contributed by atoms with Gasteiger partial charge < -0.3 is 15.2 Å². The molecule has 134 valence electrons. The molecule has 0 saturated heterocycles. The fourth-order valence-corrected chi connectivity index (χ4v) is 4.16. The number of nitrogens with zero attached hydrogens (tertiary/aromatic N) is 1. The summed E-state index contributed by atoms with van der Waals surface area (Å²) in [7, 11) is 1.60. The lowest BCUT2D eigenvalue weighted by atomic mass is 9.75. The van der Waals surface area contributed by atoms with Crippen molar-refractivity contribution in [2.75, 3.05) is 7.11 Å². The van der Waals surface area contributed by atoms with E-state index in [0.717, 1.165) is 18.4 Å². The van der Waals surface area contributed by atoms with Crippen LogP contribution >= 0.6 is 11.3 Å². The van der Waals surface area contributed by atoms with Gasteiger partial charge in [-0.25, -0.2) is 0 Å². The van der Waals surface area contributed by atoms with Crippen LogP contribution in [0.2, 0.25) is 0 Å². The number of carbonyl (C=O) groups excluding carboxylic acids is 1. The summed E-state index contributed by atoms with van der Waals surface area (Å²) < 4.78 is 5.25. The highest BCUT2D eigenvalue weighted by Gasteiger charge is 2.36. The Kier molecular flexibility index (Phi) is 5.71. The summed E-state index contributed by atoms with van der Waals surface area (Å²) in [6.07, 6.45) is 6.57. The van der Waals surface area contributed by atoms with Crippen LogP contribution in [0.3, 0.4) is 0 Å². The van der Waals surface area contributed by atoms with Crippen molar-refractivity contribution in [1.82, 2.24) is 10.3 Å². The highest BCUT2D eigenvalue weighted by molar-refractivity contribution is 7.10. The molecule has 0 radical (unpaired) electrons. The Labute approximate surface area is 152 Å². The Morgan fingerprint density at radius 1 is 1.44 bits per heavy atom. The van der Waals surface area contributed by atoms with E-state index in [1.165, 1.54) is 4.88 Å². The molecule has 1 amide bonds. The van der Waals surface area contributed by atoms with E-state index in [-0.39, 0.29) is 24.0 Å². The summed E-state index contributed by atoms with van der Waals surface area (Å²) in [5.74, 6) is 0.798. The molecule has 2 aromatic heterocycles. The third-order valence-electron chi connectivity index (χ3n) is 4.65. The molecule has 1 aliphatic carbocycles. The van der Waals surface area contributed by atoms with Crippen LogP contribution in [-0.4, -0.2) is 29.2 Å². The molecule has 0 bridgehead atoms. The van der Waals surface area contributed by atoms with E-state index in [1.54, 1.807) is 30.8 Å². The minimum atomic E-state index is -0.278. The zero-order valence-electron chi connectivity index (χ0n) is 14.6. The highest BCUT2D eigenvalue weighted by atomic mass is 32.1. The Morgan fingerprint density at radius 2 is 2.24 bits per heavy atom. The quantitative estimate of drug-likeness (QED) is 0.794. The minimum absolute atomic E-state index is 0.0761. The maximum Gasteiger partial charge on any atom is 0.252 e. The van der Waals surface area contributed by atoms with Gasteiger partial charge in [-0.05, 0) is 42.9 Å². The lowest BCUT2D eigenvalue weighted by molar-refractivity contribution is 0.0234. The Bertz CT molecular complexity index is 725. The largest absolute Gasteiger partial charge is 0.495 e. The monoisotopic (exact) mass is 360 g/mol. The molecule has 6 heteroatoms. The summed E-state index contributed by atoms with van der Waals surface area (Å²) >= 11 is 1.63. The first-order valence-electron chi connectivity index (χ1n) is 8.66. The number of aliphatic hydroxyl groups excluding tert-OH is 1. The van der Waals surface area contributed by atoms with Gasteiger partial charge in [-0.2, -0.15) is 0 Å². The number of rotatable bonds is 7. The Balaban J connectivity index is 1.78. The number of pyridine rings is 1. The maximum atomic E-state index is 12.7. The third kappa shape index (κ3) is 4.19. The number of aliphatic hydroxyl groups is 1. The van der Waals surface area contributed by atoms with Gasteiger partial charge in [0.1, 0.15) is 5.75 Å². The second kappa shape index (κ2) is 7.97. The van der Waals surface area contributed by atoms with Crippen molar-refractivity contribution in [3.63, 3.8) is 0 Å². The van der Waals surface area contributed by atoms with Crippen LogP contribution < -0.4 is 10.1 Å². The summed E-state index contributed by atoms with van der Waals surface area (Å²) in [4.78, 5) is 18.1. The molecule has 1 fully saturated rings. The van der Waals surface area contributed by atoms with Crippen LogP contribution in [-0.2, 0) is 6.42 Å². The summed E-state index contributed by atoms with van der Waals surface area (Å²) in [6.45, 7) is 2.13. The van der Waals surface area contributed by atoms with E-state index in [9.17, 15) is 9.90 Å². The predicted molar refractivity (Wildman–Crippen MR) is 98.0 cm³/mol. The molecular weight excluding hydrogens is 336 g/mol. The van der Waals surface area contributed by atoms with Crippen molar-refractivity contribution in [3.05, 3.63) is 45.9 Å². The van der Waals surface area contributed by atoms with Gasteiger partial charge in [-0.3, -0.25) is 9.78 Å². The molecule has 0 aromatic carbocycles. The number of thiophene rings is 1.